The van der Waals surface area contributed by atoms with Crippen molar-refractivity contribution in [2.45, 2.75) is 39.3 Å². The normalized spacial score (nSPS) is 22.7. The van der Waals surface area contributed by atoms with E-state index in [2.05, 4.69) is 34.9 Å². The first-order chi connectivity index (χ1) is 12.1. The maximum atomic E-state index is 12.4. The Labute approximate surface area is 148 Å². The first kappa shape index (κ1) is 17.5. The molecule has 1 unspecified atom stereocenters. The molecule has 0 saturated heterocycles. The molecule has 0 aliphatic carbocycles. The summed E-state index contributed by atoms with van der Waals surface area (Å²) in [5, 5.41) is 5.67. The smallest absolute Gasteiger partial charge is 0.338 e. The van der Waals surface area contributed by atoms with Crippen LogP contribution in [0.1, 0.15) is 31.4 Å². The molecular weight excluding hydrogens is 318 g/mol. The first-order valence-electron chi connectivity index (χ1n) is 9.00. The summed E-state index contributed by atoms with van der Waals surface area (Å²) in [5.74, 6) is -0.339. The highest BCUT2D eigenvalue weighted by Crippen LogP contribution is 2.17. The molecular formula is C19H26N3O3+. The van der Waals surface area contributed by atoms with E-state index in [1.54, 1.807) is 6.92 Å². The summed E-state index contributed by atoms with van der Waals surface area (Å²) in [5.41, 5.74) is 4.00. The fourth-order valence-electron chi connectivity index (χ4n) is 3.65. The molecule has 2 heterocycles. The lowest BCUT2D eigenvalue weighted by Crippen LogP contribution is -3.12. The highest BCUT2D eigenvalue weighted by molar-refractivity contribution is 5.94. The molecule has 2 aliphatic heterocycles. The van der Waals surface area contributed by atoms with Gasteiger partial charge in [-0.25, -0.2) is 9.59 Å². The van der Waals surface area contributed by atoms with Crippen LogP contribution in [0.4, 0.5) is 4.79 Å². The molecule has 0 radical (unpaired) electrons. The van der Waals surface area contributed by atoms with E-state index in [4.69, 9.17) is 4.74 Å². The summed E-state index contributed by atoms with van der Waals surface area (Å²) in [7, 11) is 0. The minimum Gasteiger partial charge on any atom is -0.463 e. The monoisotopic (exact) mass is 344 g/mol. The molecule has 2 atom stereocenters. The molecule has 0 saturated carbocycles. The number of fused-ring (bicyclic) bond motifs is 1. The van der Waals surface area contributed by atoms with Crippen molar-refractivity contribution in [3.8, 4) is 0 Å². The fourth-order valence-corrected chi connectivity index (χ4v) is 3.65. The third-order valence-electron chi connectivity index (χ3n) is 4.88. The summed E-state index contributed by atoms with van der Waals surface area (Å²) in [4.78, 5) is 25.8. The summed E-state index contributed by atoms with van der Waals surface area (Å²) < 4.78 is 5.23. The molecule has 3 N–H and O–H groups in total. The van der Waals surface area contributed by atoms with Gasteiger partial charge in [-0.05, 0) is 18.9 Å². The van der Waals surface area contributed by atoms with Crippen molar-refractivity contribution in [2.75, 3.05) is 19.7 Å². The predicted octanol–water partition coefficient (Wildman–Crippen LogP) is 0.536. The second-order valence-corrected chi connectivity index (χ2v) is 6.54. The van der Waals surface area contributed by atoms with Crippen molar-refractivity contribution < 1.29 is 19.2 Å². The Hall–Kier alpha value is -2.34. The van der Waals surface area contributed by atoms with Crippen LogP contribution in [0.3, 0.4) is 0 Å². The van der Waals surface area contributed by atoms with E-state index >= 15 is 0 Å². The number of hydrogen-bond acceptors (Lipinski definition) is 3. The maximum Gasteiger partial charge on any atom is 0.338 e. The lowest BCUT2D eigenvalue weighted by molar-refractivity contribution is -0.911. The van der Waals surface area contributed by atoms with Crippen LogP contribution in [0, 0.1) is 0 Å². The number of benzene rings is 1. The molecule has 0 bridgehead atoms. The van der Waals surface area contributed by atoms with Gasteiger partial charge >= 0.3 is 12.0 Å². The number of amides is 2. The highest BCUT2D eigenvalue weighted by Gasteiger charge is 2.33. The van der Waals surface area contributed by atoms with E-state index in [9.17, 15) is 9.59 Å². The van der Waals surface area contributed by atoms with E-state index in [0.29, 0.717) is 30.8 Å². The lowest BCUT2D eigenvalue weighted by Gasteiger charge is -2.31. The number of quaternary nitrogens is 1. The predicted molar refractivity (Wildman–Crippen MR) is 94.0 cm³/mol. The third kappa shape index (κ3) is 3.85. The zero-order valence-corrected chi connectivity index (χ0v) is 14.9. The number of urea groups is 1. The minimum absolute atomic E-state index is 0.244. The number of carbonyl (C=O) groups is 2. The van der Waals surface area contributed by atoms with Crippen LogP contribution in [0.2, 0.25) is 0 Å². The van der Waals surface area contributed by atoms with E-state index in [1.165, 1.54) is 16.0 Å². The molecule has 2 amide bonds. The summed E-state index contributed by atoms with van der Waals surface area (Å²) >= 11 is 0. The van der Waals surface area contributed by atoms with E-state index in [-0.39, 0.29) is 18.0 Å². The van der Waals surface area contributed by atoms with Crippen LogP contribution < -0.4 is 15.5 Å². The van der Waals surface area contributed by atoms with Gasteiger partial charge in [-0.15, -0.1) is 0 Å². The molecule has 6 nitrogen and oxygen atoms in total. The van der Waals surface area contributed by atoms with Crippen LogP contribution in [0.25, 0.3) is 0 Å². The molecule has 6 heteroatoms. The number of esters is 1. The van der Waals surface area contributed by atoms with E-state index < -0.39 is 0 Å². The molecule has 0 spiro atoms. The lowest BCUT2D eigenvalue weighted by atomic mass is 9.97. The summed E-state index contributed by atoms with van der Waals surface area (Å²) in [6, 6.07) is 7.93. The van der Waals surface area contributed by atoms with Crippen LogP contribution >= 0.6 is 0 Å². The minimum atomic E-state index is -0.339. The Bertz CT molecular complexity index is 699. The maximum absolute atomic E-state index is 12.4. The molecule has 25 heavy (non-hydrogen) atoms. The Kier molecular flexibility index (Phi) is 5.38. The Morgan fingerprint density at radius 3 is 2.76 bits per heavy atom. The van der Waals surface area contributed by atoms with Gasteiger partial charge in [0.2, 0.25) is 0 Å². The number of carbonyl (C=O) groups excluding carboxylic acids is 2. The van der Waals surface area contributed by atoms with Crippen molar-refractivity contribution in [2.24, 2.45) is 0 Å². The SMILES string of the molecule is CCOC(=O)C1=C(C[NH+]2CCc3ccccc3C2)NC(=O)N[C@H]1CC. The van der Waals surface area contributed by atoms with Crippen LogP contribution in [-0.2, 0) is 22.5 Å². The summed E-state index contributed by atoms with van der Waals surface area (Å²) in [6.45, 7) is 6.57. The molecule has 134 valence electrons. The van der Waals surface area contributed by atoms with Crippen molar-refractivity contribution >= 4 is 12.0 Å². The van der Waals surface area contributed by atoms with Gasteiger partial charge < -0.3 is 20.3 Å². The van der Waals surface area contributed by atoms with Gasteiger partial charge in [-0.2, -0.15) is 0 Å². The van der Waals surface area contributed by atoms with Crippen LogP contribution in [-0.4, -0.2) is 37.7 Å². The number of ether oxygens (including phenoxy) is 1. The zero-order valence-electron chi connectivity index (χ0n) is 14.9. The van der Waals surface area contributed by atoms with Crippen LogP contribution in [0.5, 0.6) is 0 Å². The van der Waals surface area contributed by atoms with Gasteiger partial charge in [0.15, 0.2) is 0 Å². The van der Waals surface area contributed by atoms with E-state index in [0.717, 1.165) is 19.5 Å². The highest BCUT2D eigenvalue weighted by atomic mass is 16.5. The largest absolute Gasteiger partial charge is 0.463 e. The Morgan fingerprint density at radius 2 is 2.04 bits per heavy atom. The van der Waals surface area contributed by atoms with Gasteiger partial charge in [0.1, 0.15) is 13.1 Å². The fraction of sp³-hybridized carbons (Fsp3) is 0.474. The molecule has 1 aromatic rings. The average molecular weight is 344 g/mol. The topological polar surface area (TPSA) is 71.9 Å². The van der Waals surface area contributed by atoms with Gasteiger partial charge in [0, 0.05) is 12.0 Å². The standard InChI is InChI=1S/C19H25N3O3/c1-3-15-17(18(23)25-4-2)16(21-19(24)20-15)12-22-10-9-13-7-5-6-8-14(13)11-22/h5-8,15H,3-4,9-12H2,1-2H3,(H2,20,21,24)/p+1/t15-/m0/s1. The second kappa shape index (κ2) is 7.70. The molecule has 0 aromatic heterocycles. The first-order valence-corrected chi connectivity index (χ1v) is 9.00. The zero-order chi connectivity index (χ0) is 17.8. The van der Waals surface area contributed by atoms with Crippen LogP contribution in [0.15, 0.2) is 35.5 Å². The second-order valence-electron chi connectivity index (χ2n) is 6.54. The number of hydrogen-bond donors (Lipinski definition) is 3. The molecule has 3 rings (SSSR count). The van der Waals surface area contributed by atoms with Gasteiger partial charge in [-0.1, -0.05) is 31.2 Å². The molecule has 0 fully saturated rings. The third-order valence-corrected chi connectivity index (χ3v) is 4.88. The summed E-state index contributed by atoms with van der Waals surface area (Å²) in [6.07, 6.45) is 1.67. The number of nitrogens with one attached hydrogen (secondary N) is 3. The Morgan fingerprint density at radius 1 is 1.28 bits per heavy atom. The van der Waals surface area contributed by atoms with Crippen molar-refractivity contribution in [3.63, 3.8) is 0 Å². The molecule has 2 aliphatic rings. The van der Waals surface area contributed by atoms with Gasteiger partial charge in [-0.3, -0.25) is 0 Å². The van der Waals surface area contributed by atoms with Gasteiger partial charge in [0.25, 0.3) is 0 Å². The Balaban J connectivity index is 1.84. The average Bonchev–Trinajstić information content (AvgIpc) is 2.61. The molecule has 1 aromatic carbocycles. The number of rotatable bonds is 5. The van der Waals surface area contributed by atoms with E-state index in [1.807, 2.05) is 6.92 Å². The van der Waals surface area contributed by atoms with Crippen molar-refractivity contribution in [1.82, 2.24) is 10.6 Å². The van der Waals surface area contributed by atoms with Crippen molar-refractivity contribution in [1.29, 1.82) is 0 Å². The van der Waals surface area contributed by atoms with Crippen molar-refractivity contribution in [3.05, 3.63) is 46.7 Å². The quantitative estimate of drug-likeness (QED) is 0.683. The van der Waals surface area contributed by atoms with Gasteiger partial charge in [0.05, 0.1) is 30.5 Å².